The minimum atomic E-state index is -0.942. The summed E-state index contributed by atoms with van der Waals surface area (Å²) in [5, 5.41) is 29.3. The van der Waals surface area contributed by atoms with Gasteiger partial charge in [-0.2, -0.15) is 0 Å². The highest BCUT2D eigenvalue weighted by Crippen LogP contribution is 2.47. The third kappa shape index (κ3) is 15.7. The molecule has 16 nitrogen and oxygen atoms in total. The summed E-state index contributed by atoms with van der Waals surface area (Å²) in [6.07, 6.45) is 5.47. The highest BCUT2D eigenvalue weighted by Gasteiger charge is 2.24. The van der Waals surface area contributed by atoms with Crippen LogP contribution in [-0.4, -0.2) is 108 Å². The number of aryl methyl sites for hydroxylation is 2. The largest absolute Gasteiger partial charge is 0.508 e. The van der Waals surface area contributed by atoms with Gasteiger partial charge in [-0.15, -0.1) is 0 Å². The van der Waals surface area contributed by atoms with Crippen molar-refractivity contribution in [2.75, 3.05) is 51.5 Å². The number of benzene rings is 4. The number of carbonyl (C=O) groups is 2. The first-order valence-electron chi connectivity index (χ1n) is 22.7. The van der Waals surface area contributed by atoms with E-state index >= 15 is 0 Å². The fraction of sp³-hybridized carbons (Fsp3) is 0.321. The number of aromatic hydroxyl groups is 2. The molecule has 70 heavy (non-hydrogen) atoms. The van der Waals surface area contributed by atoms with Crippen LogP contribution in [0, 0.1) is 5.92 Å². The van der Waals surface area contributed by atoms with E-state index in [0.29, 0.717) is 40.5 Å². The van der Waals surface area contributed by atoms with Gasteiger partial charge in [0, 0.05) is 75.1 Å². The second-order valence-corrected chi connectivity index (χ2v) is 18.4. The Kier molecular flexibility index (Phi) is 21.0. The number of likely N-dealkylation sites (N-methyl/N-ethyl adjacent to an activating group) is 1. The molecule has 4 aromatic carbocycles. The molecule has 1 aliphatic rings. The Hall–Kier alpha value is -7.21. The lowest BCUT2D eigenvalue weighted by molar-refractivity contribution is -0.114. The maximum Gasteiger partial charge on any atom is 0.337 e. The van der Waals surface area contributed by atoms with Crippen LogP contribution in [0.4, 0.5) is 17.1 Å². The number of imidazole rings is 1. The van der Waals surface area contributed by atoms with Gasteiger partial charge in [-0.05, 0) is 132 Å². The number of para-hydroxylation sites is 2. The van der Waals surface area contributed by atoms with E-state index in [-0.39, 0.29) is 28.5 Å². The van der Waals surface area contributed by atoms with E-state index in [0.717, 1.165) is 24.1 Å². The average Bonchev–Trinajstić information content (AvgIpc) is 3.73. The molecular weight excluding hydrogens is 907 g/mol. The van der Waals surface area contributed by atoms with Crippen LogP contribution in [-0.2, 0) is 25.9 Å². The van der Waals surface area contributed by atoms with Crippen LogP contribution in [0.5, 0.6) is 11.5 Å². The Morgan fingerprint density at radius 1 is 0.786 bits per heavy atom. The lowest BCUT2D eigenvalue weighted by Crippen LogP contribution is -2.37. The topological polar surface area (TPSA) is 191 Å². The van der Waals surface area contributed by atoms with Gasteiger partial charge in [0.15, 0.2) is 11.2 Å². The second kappa shape index (κ2) is 26.5. The second-order valence-electron chi connectivity index (χ2n) is 17.3. The Morgan fingerprint density at radius 2 is 1.40 bits per heavy atom. The van der Waals surface area contributed by atoms with E-state index in [1.54, 1.807) is 42.9 Å². The molecule has 4 heterocycles. The van der Waals surface area contributed by atoms with Gasteiger partial charge < -0.3 is 39.9 Å². The van der Waals surface area contributed by atoms with Gasteiger partial charge in [0.2, 0.25) is 5.91 Å². The number of rotatable bonds is 10. The summed E-state index contributed by atoms with van der Waals surface area (Å²) < 4.78 is 4.04. The van der Waals surface area contributed by atoms with Crippen LogP contribution in [0.3, 0.4) is 0 Å². The van der Waals surface area contributed by atoms with E-state index < -0.39 is 5.97 Å². The summed E-state index contributed by atoms with van der Waals surface area (Å²) in [6, 6.07) is 34.9. The number of hydrogen-bond donors (Lipinski definition) is 4. The number of fused-ring (bicyclic) bond motifs is 3. The van der Waals surface area contributed by atoms with Crippen molar-refractivity contribution in [1.29, 1.82) is 0 Å². The number of phenolic OH excluding ortho intramolecular Hbond substituents is 2. The number of anilines is 3. The summed E-state index contributed by atoms with van der Waals surface area (Å²) in [7, 11) is 13.3. The summed E-state index contributed by atoms with van der Waals surface area (Å²) in [5.74, 6) is 0.627. The number of aromatic nitrogens is 5. The molecule has 8 rings (SSSR count). The van der Waals surface area contributed by atoms with Gasteiger partial charge in [0.05, 0.1) is 23.3 Å². The quantitative estimate of drug-likeness (QED) is 0.0957. The maximum absolute atomic E-state index is 11.7. The van der Waals surface area contributed by atoms with E-state index in [1.165, 1.54) is 82.2 Å². The molecular formula is C53H67N9O7S. The molecule has 0 saturated carbocycles. The first-order valence-corrected chi connectivity index (χ1v) is 23.6. The van der Waals surface area contributed by atoms with E-state index in [9.17, 15) is 24.3 Å². The first-order chi connectivity index (χ1) is 33.2. The molecule has 1 aliphatic heterocycles. The van der Waals surface area contributed by atoms with Crippen LogP contribution >= 0.6 is 11.8 Å². The highest BCUT2D eigenvalue weighted by molar-refractivity contribution is 7.99. The normalized spacial score (nSPS) is 12.5. The van der Waals surface area contributed by atoms with Crippen LogP contribution in [0.2, 0.25) is 0 Å². The van der Waals surface area contributed by atoms with E-state index in [4.69, 9.17) is 10.2 Å². The molecule has 0 saturated heterocycles. The highest BCUT2D eigenvalue weighted by atomic mass is 32.2. The maximum atomic E-state index is 11.7. The molecule has 1 unspecified atom stereocenters. The molecule has 17 heteroatoms. The van der Waals surface area contributed by atoms with Gasteiger partial charge in [-0.3, -0.25) is 23.7 Å². The van der Waals surface area contributed by atoms with Crippen molar-refractivity contribution in [1.82, 2.24) is 33.5 Å². The lowest BCUT2D eigenvalue weighted by atomic mass is 9.85. The molecule has 3 atom stereocenters. The number of phenols is 2. The van der Waals surface area contributed by atoms with Crippen molar-refractivity contribution >= 4 is 51.9 Å². The summed E-state index contributed by atoms with van der Waals surface area (Å²) >= 11 is 1.87. The van der Waals surface area contributed by atoms with Gasteiger partial charge >= 0.3 is 11.7 Å². The van der Waals surface area contributed by atoms with Crippen molar-refractivity contribution < 1.29 is 24.9 Å². The van der Waals surface area contributed by atoms with Gasteiger partial charge in [-0.1, -0.05) is 62.0 Å². The number of carboxylic acid groups (broad SMARTS) is 1. The zero-order valence-corrected chi connectivity index (χ0v) is 42.8. The SMILES string of the molecule is CC(=O)Nc1ccc(O)cc1.CC(CN1c2ccccc2Sc2ccccc21)N(C)C.CC[C@@H](c1cccc(O)c1)[C@@H](C)CN(C)C.Cn1c(=O)c2c(ncn2C)n(C)c1=O.O=C(O)c1cccnc1. The zero-order chi connectivity index (χ0) is 51.7. The molecule has 0 bridgehead atoms. The smallest absolute Gasteiger partial charge is 0.337 e. The van der Waals surface area contributed by atoms with Crippen LogP contribution in [0.25, 0.3) is 11.2 Å². The molecule has 372 valence electrons. The number of nitrogens with zero attached hydrogens (tertiary/aromatic N) is 8. The molecule has 7 aromatic rings. The Labute approximate surface area is 414 Å². The number of carboxylic acids is 1. The number of aromatic carboxylic acids is 1. The van der Waals surface area contributed by atoms with Crippen molar-refractivity contribution in [2.24, 2.45) is 27.1 Å². The average molecular weight is 974 g/mol. The van der Waals surface area contributed by atoms with Crippen LogP contribution < -0.4 is 21.5 Å². The molecule has 0 radical (unpaired) electrons. The van der Waals surface area contributed by atoms with E-state index in [1.807, 2.05) is 23.9 Å². The minimum Gasteiger partial charge on any atom is -0.508 e. The number of hydrogen-bond acceptors (Lipinski definition) is 12. The van der Waals surface area contributed by atoms with Crippen LogP contribution in [0.1, 0.15) is 56.0 Å². The predicted molar refractivity (Wildman–Crippen MR) is 281 cm³/mol. The van der Waals surface area contributed by atoms with Crippen molar-refractivity contribution in [3.8, 4) is 11.5 Å². The summed E-state index contributed by atoms with van der Waals surface area (Å²) in [4.78, 5) is 61.1. The van der Waals surface area contributed by atoms with Gasteiger partial charge in [0.1, 0.15) is 11.5 Å². The van der Waals surface area contributed by atoms with Gasteiger partial charge in [0.25, 0.3) is 5.56 Å². The minimum absolute atomic E-state index is 0.115. The summed E-state index contributed by atoms with van der Waals surface area (Å²) in [5.41, 5.74) is 4.99. The zero-order valence-electron chi connectivity index (χ0n) is 41.9. The predicted octanol–water partition coefficient (Wildman–Crippen LogP) is 8.42. The number of nitrogens with one attached hydrogen (secondary N) is 1. The molecule has 4 N–H and O–H groups in total. The van der Waals surface area contributed by atoms with Crippen LogP contribution in [0.15, 0.2) is 147 Å². The third-order valence-electron chi connectivity index (χ3n) is 11.4. The molecule has 0 fully saturated rings. The molecule has 3 aromatic heterocycles. The molecule has 0 aliphatic carbocycles. The lowest BCUT2D eigenvalue weighted by Gasteiger charge is -2.36. The standard InChI is InChI=1S/C17H20N2S.C14H23NO.C8H10N4O2.C8H9NO2.C6H5NO2/c1-13(18(2)3)12-19-14-8-4-6-10-16(14)20-17-11-7-5-9-15(17)19;1-5-14(11(2)10-15(3)4)12-7-6-8-13(16)9-12;1-10-4-9-6-5(10)7(13)12(3)8(14)11(6)2;1-6(10)9-7-2-4-8(11)5-3-7;8-6(9)5-2-1-3-7-4-5/h4-11,13H,12H2,1-3H3;6-9,11,14,16H,5,10H2,1-4H3;4H,1-3H3;2-5,11H,1H3,(H,9,10);1-4H,(H,8,9)/t;11-,14+;;;/m.0.../s1. The number of carbonyl (C=O) groups excluding carboxylic acids is 1. The Bertz CT molecular complexity index is 2850. The first kappa shape index (κ1) is 55.4. The van der Waals surface area contributed by atoms with E-state index in [2.05, 4.69) is 134 Å². The fourth-order valence-corrected chi connectivity index (χ4v) is 8.63. The molecule has 1 amide bonds. The fourth-order valence-electron chi connectivity index (χ4n) is 7.54. The number of amides is 1. The molecule has 0 spiro atoms. The monoisotopic (exact) mass is 973 g/mol. The Balaban J connectivity index is 0.000000195. The van der Waals surface area contributed by atoms with Crippen molar-refractivity contribution in [3.63, 3.8) is 0 Å². The third-order valence-corrected chi connectivity index (χ3v) is 12.5. The number of pyridine rings is 1. The summed E-state index contributed by atoms with van der Waals surface area (Å²) in [6.45, 7) is 10.3. The van der Waals surface area contributed by atoms with Crippen molar-refractivity contribution in [3.05, 3.63) is 160 Å². The van der Waals surface area contributed by atoms with Crippen molar-refractivity contribution in [2.45, 2.75) is 55.9 Å². The van der Waals surface area contributed by atoms with Gasteiger partial charge in [-0.25, -0.2) is 14.6 Å². The Morgan fingerprint density at radius 3 is 1.90 bits per heavy atom.